The number of piperidine rings is 1. The highest BCUT2D eigenvalue weighted by Crippen LogP contribution is 2.33. The van der Waals surface area contributed by atoms with Gasteiger partial charge in [-0.05, 0) is 55.4 Å². The molecule has 8 heteroatoms. The topological polar surface area (TPSA) is 66.5 Å². The van der Waals surface area contributed by atoms with E-state index in [4.69, 9.17) is 11.6 Å². The van der Waals surface area contributed by atoms with E-state index in [0.29, 0.717) is 30.3 Å². The van der Waals surface area contributed by atoms with Crippen molar-refractivity contribution in [2.75, 3.05) is 18.4 Å². The van der Waals surface area contributed by atoms with E-state index in [9.17, 15) is 13.2 Å². The lowest BCUT2D eigenvalue weighted by molar-refractivity contribution is -0.121. The number of para-hydroxylation sites is 1. The second kappa shape index (κ2) is 9.16. The molecular formula is C21H27ClN2O3S2. The molecule has 1 aromatic heterocycles. The zero-order valence-electron chi connectivity index (χ0n) is 16.9. The summed E-state index contributed by atoms with van der Waals surface area (Å²) in [6.07, 6.45) is 2.19. The molecule has 2 heterocycles. The first-order chi connectivity index (χ1) is 13.7. The maximum absolute atomic E-state index is 12.9. The maximum atomic E-state index is 12.9. The average molecular weight is 455 g/mol. The summed E-state index contributed by atoms with van der Waals surface area (Å²) in [5, 5.41) is 3.11. The molecule has 1 fully saturated rings. The summed E-state index contributed by atoms with van der Waals surface area (Å²) >= 11 is 6.97. The fourth-order valence-corrected chi connectivity index (χ4v) is 6.94. The van der Waals surface area contributed by atoms with Crippen LogP contribution in [0.3, 0.4) is 0 Å². The van der Waals surface area contributed by atoms with Gasteiger partial charge >= 0.3 is 0 Å². The number of sulfonamides is 1. The summed E-state index contributed by atoms with van der Waals surface area (Å²) in [5.41, 5.74) is 3.09. The third-order valence-corrected chi connectivity index (χ3v) is 9.35. The summed E-state index contributed by atoms with van der Waals surface area (Å²) < 4.78 is 27.8. The second-order valence-electron chi connectivity index (χ2n) is 7.54. The molecule has 0 bridgehead atoms. The van der Waals surface area contributed by atoms with Crippen LogP contribution in [0.2, 0.25) is 4.34 Å². The Morgan fingerprint density at radius 1 is 1.28 bits per heavy atom. The van der Waals surface area contributed by atoms with E-state index in [1.165, 1.54) is 4.31 Å². The monoisotopic (exact) mass is 454 g/mol. The third-order valence-electron chi connectivity index (χ3n) is 5.75. The Kier molecular flexibility index (Phi) is 7.04. The van der Waals surface area contributed by atoms with Crippen LogP contribution in [-0.2, 0) is 21.2 Å². The van der Waals surface area contributed by atoms with Crippen molar-refractivity contribution in [3.8, 4) is 0 Å². The van der Waals surface area contributed by atoms with E-state index in [2.05, 4.69) is 12.2 Å². The first-order valence-corrected chi connectivity index (χ1v) is 12.5. The van der Waals surface area contributed by atoms with E-state index in [1.54, 1.807) is 12.1 Å². The number of benzene rings is 1. The molecule has 0 radical (unpaired) electrons. The predicted molar refractivity (Wildman–Crippen MR) is 119 cm³/mol. The van der Waals surface area contributed by atoms with Gasteiger partial charge in [0.15, 0.2) is 0 Å². The van der Waals surface area contributed by atoms with Crippen LogP contribution >= 0.6 is 22.9 Å². The molecule has 1 aliphatic heterocycles. The Labute approximate surface area is 182 Å². The number of nitrogens with one attached hydrogen (secondary N) is 1. The van der Waals surface area contributed by atoms with Crippen LogP contribution in [0.15, 0.2) is 34.5 Å². The fourth-order valence-electron chi connectivity index (χ4n) is 3.83. The predicted octanol–water partition coefficient (Wildman–Crippen LogP) is 4.95. The molecule has 158 valence electrons. The maximum Gasteiger partial charge on any atom is 0.252 e. The van der Waals surface area contributed by atoms with Gasteiger partial charge in [-0.15, -0.1) is 11.3 Å². The van der Waals surface area contributed by atoms with Crippen LogP contribution in [0.25, 0.3) is 0 Å². The Hall–Kier alpha value is -1.41. The van der Waals surface area contributed by atoms with Crippen molar-refractivity contribution in [1.29, 1.82) is 0 Å². The molecule has 1 N–H and O–H groups in total. The van der Waals surface area contributed by atoms with Crippen molar-refractivity contribution in [2.45, 2.75) is 44.2 Å². The number of anilines is 1. The third kappa shape index (κ3) is 4.85. The molecule has 3 rings (SSSR count). The zero-order valence-corrected chi connectivity index (χ0v) is 19.3. The van der Waals surface area contributed by atoms with E-state index in [-0.39, 0.29) is 22.0 Å². The minimum atomic E-state index is -3.51. The Morgan fingerprint density at radius 2 is 1.97 bits per heavy atom. The molecule has 1 aliphatic rings. The van der Waals surface area contributed by atoms with Gasteiger partial charge in [-0.25, -0.2) is 8.42 Å². The summed E-state index contributed by atoms with van der Waals surface area (Å²) in [5.74, 6) is -0.0248. The Bertz CT molecular complexity index is 980. The van der Waals surface area contributed by atoms with Crippen LogP contribution in [-0.4, -0.2) is 31.7 Å². The molecule has 1 amide bonds. The second-order valence-corrected chi connectivity index (χ2v) is 11.4. The molecule has 0 saturated carbocycles. The molecule has 5 nitrogen and oxygen atoms in total. The number of thiophene rings is 1. The van der Waals surface area contributed by atoms with Crippen LogP contribution in [0.5, 0.6) is 0 Å². The summed E-state index contributed by atoms with van der Waals surface area (Å²) in [6.45, 7) is 6.85. The van der Waals surface area contributed by atoms with Crippen molar-refractivity contribution in [1.82, 2.24) is 4.31 Å². The van der Waals surface area contributed by atoms with E-state index in [1.807, 2.05) is 32.0 Å². The number of hydrogen-bond donors (Lipinski definition) is 1. The van der Waals surface area contributed by atoms with E-state index < -0.39 is 10.0 Å². The lowest BCUT2D eigenvalue weighted by Crippen LogP contribution is -2.41. The van der Waals surface area contributed by atoms with Gasteiger partial charge in [0, 0.05) is 24.7 Å². The van der Waals surface area contributed by atoms with Gasteiger partial charge in [0.1, 0.15) is 4.21 Å². The van der Waals surface area contributed by atoms with Gasteiger partial charge in [-0.1, -0.05) is 43.6 Å². The molecule has 29 heavy (non-hydrogen) atoms. The number of nitrogens with zero attached hydrogens (tertiary/aromatic N) is 1. The SMILES string of the molecule is CCc1cccc(C)c1NC(=O)[C@H](C)C1CCN(S(=O)(=O)c2ccc(Cl)s2)CC1. The van der Waals surface area contributed by atoms with Crippen LogP contribution < -0.4 is 5.32 Å². The van der Waals surface area contributed by atoms with Crippen molar-refractivity contribution in [2.24, 2.45) is 11.8 Å². The van der Waals surface area contributed by atoms with Crippen LogP contribution in [0, 0.1) is 18.8 Å². The van der Waals surface area contributed by atoms with Gasteiger partial charge in [0.25, 0.3) is 10.0 Å². The van der Waals surface area contributed by atoms with E-state index in [0.717, 1.165) is 34.6 Å². The highest BCUT2D eigenvalue weighted by Gasteiger charge is 2.34. The number of carbonyl (C=O) groups is 1. The molecule has 1 aromatic carbocycles. The minimum Gasteiger partial charge on any atom is -0.325 e. The quantitative estimate of drug-likeness (QED) is 0.671. The summed E-state index contributed by atoms with van der Waals surface area (Å²) in [6, 6.07) is 9.20. The highest BCUT2D eigenvalue weighted by molar-refractivity contribution is 7.91. The van der Waals surface area contributed by atoms with Crippen molar-refractivity contribution in [3.63, 3.8) is 0 Å². The molecular weight excluding hydrogens is 428 g/mol. The zero-order chi connectivity index (χ0) is 21.2. The molecule has 1 atom stereocenters. The number of hydrogen-bond acceptors (Lipinski definition) is 4. The minimum absolute atomic E-state index is 0.000320. The molecule has 0 aliphatic carbocycles. The van der Waals surface area contributed by atoms with Gasteiger partial charge in [0.2, 0.25) is 5.91 Å². The number of aryl methyl sites for hydroxylation is 2. The van der Waals surface area contributed by atoms with Crippen molar-refractivity contribution >= 4 is 44.6 Å². The van der Waals surface area contributed by atoms with Crippen molar-refractivity contribution < 1.29 is 13.2 Å². The lowest BCUT2D eigenvalue weighted by Gasteiger charge is -2.33. The molecule has 2 aromatic rings. The van der Waals surface area contributed by atoms with Crippen LogP contribution in [0.1, 0.15) is 37.8 Å². The normalized spacial score (nSPS) is 17.2. The van der Waals surface area contributed by atoms with Crippen LogP contribution in [0.4, 0.5) is 5.69 Å². The van der Waals surface area contributed by atoms with Gasteiger partial charge in [-0.2, -0.15) is 4.31 Å². The summed E-state index contributed by atoms with van der Waals surface area (Å²) in [7, 11) is -3.51. The van der Waals surface area contributed by atoms with Gasteiger partial charge in [-0.3, -0.25) is 4.79 Å². The molecule has 0 spiro atoms. The lowest BCUT2D eigenvalue weighted by atomic mass is 9.85. The highest BCUT2D eigenvalue weighted by atomic mass is 35.5. The number of amides is 1. The first-order valence-electron chi connectivity index (χ1n) is 9.89. The largest absolute Gasteiger partial charge is 0.325 e. The average Bonchev–Trinajstić information content (AvgIpc) is 3.16. The fraction of sp³-hybridized carbons (Fsp3) is 0.476. The number of rotatable bonds is 6. The van der Waals surface area contributed by atoms with Gasteiger partial charge < -0.3 is 5.32 Å². The Morgan fingerprint density at radius 3 is 2.55 bits per heavy atom. The molecule has 0 unspecified atom stereocenters. The first kappa shape index (κ1) is 22.3. The molecule has 1 saturated heterocycles. The number of carbonyl (C=O) groups excluding carboxylic acids is 1. The van der Waals surface area contributed by atoms with Gasteiger partial charge in [0.05, 0.1) is 4.34 Å². The standard InChI is InChI=1S/C21H27ClN2O3S2/c1-4-16-7-5-6-14(2)20(16)23-21(25)15(3)17-10-12-24(13-11-17)29(26,27)19-9-8-18(22)28-19/h5-9,15,17H,4,10-13H2,1-3H3,(H,23,25)/t15-/m1/s1. The number of halogens is 1. The smallest absolute Gasteiger partial charge is 0.252 e. The van der Waals surface area contributed by atoms with E-state index >= 15 is 0 Å². The summed E-state index contributed by atoms with van der Waals surface area (Å²) in [4.78, 5) is 12.9. The Balaban J connectivity index is 1.63. The van der Waals surface area contributed by atoms with Crippen molar-refractivity contribution in [3.05, 3.63) is 45.8 Å².